The van der Waals surface area contributed by atoms with E-state index in [2.05, 4.69) is 11.8 Å². The van der Waals surface area contributed by atoms with Crippen LogP contribution in [-0.2, 0) is 9.47 Å². The fraction of sp³-hybridized carbons (Fsp3) is 1.00. The van der Waals surface area contributed by atoms with Crippen molar-refractivity contribution in [2.45, 2.75) is 25.0 Å². The number of morpholine rings is 1. The van der Waals surface area contributed by atoms with Gasteiger partial charge in [0.05, 0.1) is 32.5 Å². The van der Waals surface area contributed by atoms with Crippen LogP contribution in [0.4, 0.5) is 0 Å². The molecular formula is C10H22N2O3. The third kappa shape index (κ3) is 3.39. The van der Waals surface area contributed by atoms with Crippen molar-refractivity contribution in [3.05, 3.63) is 0 Å². The summed E-state index contributed by atoms with van der Waals surface area (Å²) in [5, 5.41) is 9.38. The van der Waals surface area contributed by atoms with Gasteiger partial charge in [0.15, 0.2) is 0 Å². The second kappa shape index (κ2) is 6.40. The number of hydrogen-bond acceptors (Lipinski definition) is 5. The highest BCUT2D eigenvalue weighted by Crippen LogP contribution is 2.12. The van der Waals surface area contributed by atoms with Crippen molar-refractivity contribution in [2.24, 2.45) is 5.73 Å². The van der Waals surface area contributed by atoms with Crippen molar-refractivity contribution in [3.8, 4) is 0 Å². The number of nitrogens with zero attached hydrogens (tertiary/aromatic N) is 1. The second-order valence-electron chi connectivity index (χ2n) is 4.03. The second-order valence-corrected chi connectivity index (χ2v) is 4.03. The summed E-state index contributed by atoms with van der Waals surface area (Å²) in [6, 6.07) is 0.114. The van der Waals surface area contributed by atoms with Gasteiger partial charge in [-0.1, -0.05) is 0 Å². The molecule has 1 saturated heterocycles. The van der Waals surface area contributed by atoms with Crippen molar-refractivity contribution >= 4 is 0 Å². The minimum atomic E-state index is -0.152. The van der Waals surface area contributed by atoms with Gasteiger partial charge in [-0.3, -0.25) is 4.90 Å². The number of nitrogens with two attached hydrogens (primary N) is 1. The molecule has 1 heterocycles. The summed E-state index contributed by atoms with van der Waals surface area (Å²) in [7, 11) is 1.62. The highest BCUT2D eigenvalue weighted by molar-refractivity contribution is 4.86. The molecule has 5 heteroatoms. The van der Waals surface area contributed by atoms with E-state index in [4.69, 9.17) is 15.2 Å². The Morgan fingerprint density at radius 2 is 2.40 bits per heavy atom. The Labute approximate surface area is 91.1 Å². The molecule has 15 heavy (non-hydrogen) atoms. The molecule has 1 rings (SSSR count). The number of aliphatic hydroxyl groups excluding tert-OH is 1. The lowest BCUT2D eigenvalue weighted by Gasteiger charge is -2.40. The molecule has 0 radical (unpaired) electrons. The topological polar surface area (TPSA) is 68.0 Å². The van der Waals surface area contributed by atoms with Gasteiger partial charge in [0, 0.05) is 25.7 Å². The predicted octanol–water partition coefficient (Wildman–Crippen LogP) is -0.958. The summed E-state index contributed by atoms with van der Waals surface area (Å²) < 4.78 is 10.4. The van der Waals surface area contributed by atoms with E-state index in [1.54, 1.807) is 7.11 Å². The molecule has 3 atom stereocenters. The van der Waals surface area contributed by atoms with Crippen LogP contribution in [-0.4, -0.2) is 68.2 Å². The summed E-state index contributed by atoms with van der Waals surface area (Å²) >= 11 is 0. The van der Waals surface area contributed by atoms with Crippen molar-refractivity contribution < 1.29 is 14.6 Å². The maximum Gasteiger partial charge on any atom is 0.0629 e. The Kier molecular flexibility index (Phi) is 5.49. The van der Waals surface area contributed by atoms with Gasteiger partial charge in [-0.15, -0.1) is 0 Å². The number of aliphatic hydroxyl groups is 1. The molecule has 0 amide bonds. The molecule has 90 valence electrons. The summed E-state index contributed by atoms with van der Waals surface area (Å²) in [5.41, 5.74) is 5.96. The highest BCUT2D eigenvalue weighted by Gasteiger charge is 2.30. The zero-order valence-electron chi connectivity index (χ0n) is 9.56. The van der Waals surface area contributed by atoms with Crippen LogP contribution >= 0.6 is 0 Å². The molecule has 0 bridgehead atoms. The Morgan fingerprint density at radius 3 is 2.93 bits per heavy atom. The van der Waals surface area contributed by atoms with Gasteiger partial charge in [0.2, 0.25) is 0 Å². The van der Waals surface area contributed by atoms with Crippen LogP contribution in [0.1, 0.15) is 6.92 Å². The van der Waals surface area contributed by atoms with E-state index in [9.17, 15) is 5.11 Å². The summed E-state index contributed by atoms with van der Waals surface area (Å²) in [6.45, 7) is 4.85. The Bertz CT molecular complexity index is 180. The van der Waals surface area contributed by atoms with Gasteiger partial charge in [-0.25, -0.2) is 0 Å². The van der Waals surface area contributed by atoms with Crippen LogP contribution in [0.2, 0.25) is 0 Å². The Hall–Kier alpha value is -0.200. The zero-order chi connectivity index (χ0) is 11.3. The fourth-order valence-electron chi connectivity index (χ4n) is 2.02. The van der Waals surface area contributed by atoms with Gasteiger partial charge in [-0.2, -0.15) is 0 Å². The first-order valence-electron chi connectivity index (χ1n) is 5.39. The maximum atomic E-state index is 9.38. The van der Waals surface area contributed by atoms with Crippen LogP contribution in [0.3, 0.4) is 0 Å². The average Bonchev–Trinajstić information content (AvgIpc) is 2.22. The molecule has 5 nitrogen and oxygen atoms in total. The summed E-state index contributed by atoms with van der Waals surface area (Å²) in [6.07, 6.45) is 0. The molecule has 0 aromatic heterocycles. The van der Waals surface area contributed by atoms with Gasteiger partial charge in [0.25, 0.3) is 0 Å². The largest absolute Gasteiger partial charge is 0.395 e. The smallest absolute Gasteiger partial charge is 0.0629 e. The first-order valence-corrected chi connectivity index (χ1v) is 5.39. The van der Waals surface area contributed by atoms with E-state index in [1.807, 2.05) is 0 Å². The minimum absolute atomic E-state index is 0.0381. The van der Waals surface area contributed by atoms with E-state index in [0.717, 1.165) is 6.54 Å². The van der Waals surface area contributed by atoms with Crippen molar-refractivity contribution in [3.63, 3.8) is 0 Å². The molecule has 0 spiro atoms. The molecule has 1 aliphatic heterocycles. The van der Waals surface area contributed by atoms with Crippen molar-refractivity contribution in [1.82, 2.24) is 4.90 Å². The molecule has 0 aromatic carbocycles. The van der Waals surface area contributed by atoms with Crippen molar-refractivity contribution in [2.75, 3.05) is 40.1 Å². The zero-order valence-corrected chi connectivity index (χ0v) is 9.56. The predicted molar refractivity (Wildman–Crippen MR) is 57.7 cm³/mol. The molecule has 1 aliphatic rings. The average molecular weight is 218 g/mol. The van der Waals surface area contributed by atoms with Crippen LogP contribution in [0, 0.1) is 0 Å². The summed E-state index contributed by atoms with van der Waals surface area (Å²) in [5.74, 6) is 0. The third-order valence-corrected chi connectivity index (χ3v) is 2.89. The van der Waals surface area contributed by atoms with E-state index in [1.165, 1.54) is 0 Å². The molecule has 0 saturated carbocycles. The quantitative estimate of drug-likeness (QED) is 0.622. The highest BCUT2D eigenvalue weighted by atomic mass is 16.5. The lowest BCUT2D eigenvalue weighted by Crippen LogP contribution is -2.58. The molecule has 0 aliphatic carbocycles. The van der Waals surface area contributed by atoms with E-state index in [-0.39, 0.29) is 18.7 Å². The first kappa shape index (κ1) is 12.9. The Balaban J connectivity index is 2.54. The molecule has 3 unspecified atom stereocenters. The standard InChI is InChI=1S/C10H22N2O3/c1-8-6-15-4-3-12(8)10(5-13)9(11)7-14-2/h8-10,13H,3-7,11H2,1-2H3. The SMILES string of the molecule is COCC(N)C(CO)N1CCOCC1C. The molecule has 0 aromatic rings. The van der Waals surface area contributed by atoms with Gasteiger partial charge < -0.3 is 20.3 Å². The third-order valence-electron chi connectivity index (χ3n) is 2.89. The normalized spacial score (nSPS) is 27.6. The number of methoxy groups -OCH3 is 1. The minimum Gasteiger partial charge on any atom is -0.395 e. The summed E-state index contributed by atoms with van der Waals surface area (Å²) in [4.78, 5) is 2.20. The van der Waals surface area contributed by atoms with Crippen LogP contribution in [0.15, 0.2) is 0 Å². The van der Waals surface area contributed by atoms with E-state index in [0.29, 0.717) is 25.9 Å². The van der Waals surface area contributed by atoms with Crippen molar-refractivity contribution in [1.29, 1.82) is 0 Å². The Morgan fingerprint density at radius 1 is 1.67 bits per heavy atom. The molecule has 1 fully saturated rings. The molecular weight excluding hydrogens is 196 g/mol. The van der Waals surface area contributed by atoms with E-state index >= 15 is 0 Å². The molecule has 3 N–H and O–H groups in total. The lowest BCUT2D eigenvalue weighted by atomic mass is 10.1. The number of rotatable bonds is 5. The number of ether oxygens (including phenoxy) is 2. The van der Waals surface area contributed by atoms with Gasteiger partial charge in [0.1, 0.15) is 0 Å². The maximum absolute atomic E-state index is 9.38. The lowest BCUT2D eigenvalue weighted by molar-refractivity contribution is -0.0444. The number of hydrogen-bond donors (Lipinski definition) is 2. The van der Waals surface area contributed by atoms with Crippen LogP contribution < -0.4 is 5.73 Å². The first-order chi connectivity index (χ1) is 7.20. The van der Waals surface area contributed by atoms with Gasteiger partial charge in [-0.05, 0) is 6.92 Å². The van der Waals surface area contributed by atoms with E-state index < -0.39 is 0 Å². The van der Waals surface area contributed by atoms with Crippen LogP contribution in [0.25, 0.3) is 0 Å². The monoisotopic (exact) mass is 218 g/mol. The fourth-order valence-corrected chi connectivity index (χ4v) is 2.02. The van der Waals surface area contributed by atoms with Crippen LogP contribution in [0.5, 0.6) is 0 Å². The van der Waals surface area contributed by atoms with Gasteiger partial charge >= 0.3 is 0 Å².